The molecule has 2 fully saturated rings. The Balaban J connectivity index is 1.40. The monoisotopic (exact) mass is 582 g/mol. The lowest BCUT2D eigenvalue weighted by Crippen LogP contribution is -2.38. The van der Waals surface area contributed by atoms with Gasteiger partial charge in [0, 0.05) is 25.8 Å². The molecule has 3 heterocycles. The molecular weight excluding hydrogens is 551 g/mol. The lowest BCUT2D eigenvalue weighted by atomic mass is 9.81. The van der Waals surface area contributed by atoms with E-state index in [-0.39, 0.29) is 43.2 Å². The normalized spacial score (nSPS) is 19.2. The number of aromatic nitrogens is 6. The van der Waals surface area contributed by atoms with E-state index in [4.69, 9.17) is 0 Å². The third-order valence-electron chi connectivity index (χ3n) is 7.75. The first-order valence-corrected chi connectivity index (χ1v) is 13.7. The number of aryl methyl sites for hydroxylation is 1. The zero-order valence-electron chi connectivity index (χ0n) is 22.4. The largest absolute Gasteiger partial charge is 0.389 e. The number of rotatable bonds is 10. The molecule has 2 N–H and O–H groups in total. The number of hydrogen-bond donors (Lipinski definition) is 2. The van der Waals surface area contributed by atoms with Gasteiger partial charge in [-0.2, -0.15) is 18.3 Å². The summed E-state index contributed by atoms with van der Waals surface area (Å²) >= 11 is 0. The topological polar surface area (TPSA) is 119 Å². The molecule has 2 atom stereocenters. The van der Waals surface area contributed by atoms with Crippen LogP contribution in [0.5, 0.6) is 0 Å². The maximum atomic E-state index is 14.0. The van der Waals surface area contributed by atoms with Crippen molar-refractivity contribution in [3.8, 4) is 0 Å². The quantitative estimate of drug-likeness (QED) is 0.339. The van der Waals surface area contributed by atoms with Crippen LogP contribution in [-0.2, 0) is 11.3 Å². The van der Waals surface area contributed by atoms with Crippen LogP contribution in [0, 0.1) is 11.8 Å². The molecule has 222 valence electrons. The van der Waals surface area contributed by atoms with Crippen LogP contribution in [-0.4, -0.2) is 53.5 Å². The van der Waals surface area contributed by atoms with Gasteiger partial charge >= 0.3 is 6.18 Å². The zero-order valence-corrected chi connectivity index (χ0v) is 22.4. The van der Waals surface area contributed by atoms with Gasteiger partial charge in [-0.1, -0.05) is 5.21 Å². The van der Waals surface area contributed by atoms with Crippen LogP contribution in [0.1, 0.15) is 92.1 Å². The van der Waals surface area contributed by atoms with E-state index in [2.05, 4.69) is 31.0 Å². The molecular formula is C26H31F5N8O2. The zero-order chi connectivity index (χ0) is 29.4. The molecule has 2 aliphatic rings. The van der Waals surface area contributed by atoms with Crippen LogP contribution in [0.25, 0.3) is 5.65 Å². The van der Waals surface area contributed by atoms with Crippen LogP contribution in [0.3, 0.4) is 0 Å². The molecule has 0 bridgehead atoms. The van der Waals surface area contributed by atoms with E-state index >= 15 is 0 Å². The SMILES string of the molecule is CCn1nncc1C(=O)N[C@H](c1cn2ncc([C@H](NC(=O)CCC(F)(F)F)C3CC3)cc2n1)C1CCC(F)(F)CC1. The van der Waals surface area contributed by atoms with Crippen LogP contribution >= 0.6 is 0 Å². The first-order chi connectivity index (χ1) is 19.4. The number of carbonyl (C=O) groups is 2. The summed E-state index contributed by atoms with van der Waals surface area (Å²) < 4.78 is 68.6. The fourth-order valence-electron chi connectivity index (χ4n) is 5.34. The van der Waals surface area contributed by atoms with Crippen LogP contribution in [0.15, 0.2) is 24.7 Å². The molecule has 0 saturated heterocycles. The predicted molar refractivity (Wildman–Crippen MR) is 135 cm³/mol. The average Bonchev–Trinajstić information content (AvgIpc) is 3.48. The molecule has 0 spiro atoms. The predicted octanol–water partition coefficient (Wildman–Crippen LogP) is 4.55. The highest BCUT2D eigenvalue weighted by molar-refractivity contribution is 5.92. The maximum Gasteiger partial charge on any atom is 0.389 e. The van der Waals surface area contributed by atoms with E-state index in [1.165, 1.54) is 21.6 Å². The molecule has 3 aromatic heterocycles. The van der Waals surface area contributed by atoms with Crippen LogP contribution in [0.4, 0.5) is 22.0 Å². The molecule has 10 nitrogen and oxygen atoms in total. The van der Waals surface area contributed by atoms with Gasteiger partial charge in [-0.05, 0) is 56.1 Å². The maximum absolute atomic E-state index is 14.0. The molecule has 0 unspecified atom stereocenters. The Labute approximate surface area is 232 Å². The molecule has 0 radical (unpaired) electrons. The van der Waals surface area contributed by atoms with E-state index < -0.39 is 48.8 Å². The third-order valence-corrected chi connectivity index (χ3v) is 7.75. The summed E-state index contributed by atoms with van der Waals surface area (Å²) in [5.74, 6) is -4.13. The minimum Gasteiger partial charge on any atom is -0.349 e. The van der Waals surface area contributed by atoms with Crippen molar-refractivity contribution in [2.45, 2.75) is 89.0 Å². The fourth-order valence-corrected chi connectivity index (χ4v) is 5.34. The number of fused-ring (bicyclic) bond motifs is 1. The second-order valence-corrected chi connectivity index (χ2v) is 10.8. The van der Waals surface area contributed by atoms with Crippen molar-refractivity contribution < 1.29 is 31.5 Å². The number of amides is 2. The summed E-state index contributed by atoms with van der Waals surface area (Å²) in [7, 11) is 0. The number of nitrogens with zero attached hydrogens (tertiary/aromatic N) is 6. The Bertz CT molecular complexity index is 1390. The van der Waals surface area contributed by atoms with Gasteiger partial charge in [0.1, 0.15) is 5.69 Å². The van der Waals surface area contributed by atoms with E-state index in [0.717, 1.165) is 12.8 Å². The lowest BCUT2D eigenvalue weighted by molar-refractivity contribution is -0.144. The molecule has 2 saturated carbocycles. The molecule has 5 rings (SSSR count). The van der Waals surface area contributed by atoms with Crippen molar-refractivity contribution in [2.24, 2.45) is 11.8 Å². The van der Waals surface area contributed by atoms with E-state index in [1.54, 1.807) is 12.3 Å². The summed E-state index contributed by atoms with van der Waals surface area (Å²) in [6.07, 6.45) is -0.390. The van der Waals surface area contributed by atoms with E-state index in [0.29, 0.717) is 23.4 Å². The number of halogens is 5. The number of nitrogens with one attached hydrogen (secondary N) is 2. The van der Waals surface area contributed by atoms with Crippen molar-refractivity contribution in [1.29, 1.82) is 0 Å². The molecule has 2 aliphatic carbocycles. The average molecular weight is 583 g/mol. The van der Waals surface area contributed by atoms with Crippen molar-refractivity contribution in [2.75, 3.05) is 0 Å². The molecule has 41 heavy (non-hydrogen) atoms. The lowest BCUT2D eigenvalue weighted by Gasteiger charge is -2.33. The van der Waals surface area contributed by atoms with E-state index in [1.807, 2.05) is 6.92 Å². The first kappa shape index (κ1) is 28.9. The van der Waals surface area contributed by atoms with E-state index in [9.17, 15) is 31.5 Å². The molecule has 0 aliphatic heterocycles. The van der Waals surface area contributed by atoms with Gasteiger partial charge in [-0.25, -0.2) is 23.0 Å². The standard InChI is InChI=1S/C26H31F5N8O2/c1-2-38-19(13-32-37-38)24(41)36-23(16-5-8-25(27,28)9-6-16)18-14-39-20(34-18)11-17(12-33-39)22(15-3-4-15)35-21(40)7-10-26(29,30)31/h11-16,22-23H,2-10H2,1H3,(H,35,40)(H,36,41)/t22-,23+/m1/s1. The van der Waals surface area contributed by atoms with Crippen molar-refractivity contribution in [3.63, 3.8) is 0 Å². The summed E-state index contributed by atoms with van der Waals surface area (Å²) in [4.78, 5) is 30.1. The highest BCUT2D eigenvalue weighted by Gasteiger charge is 2.40. The van der Waals surface area contributed by atoms with Gasteiger partial charge in [-0.3, -0.25) is 9.59 Å². The summed E-state index contributed by atoms with van der Waals surface area (Å²) in [6, 6.07) is 0.504. The Kier molecular flexibility index (Phi) is 7.97. The number of imidazole rings is 1. The van der Waals surface area contributed by atoms with Crippen LogP contribution < -0.4 is 10.6 Å². The highest BCUT2D eigenvalue weighted by atomic mass is 19.4. The van der Waals surface area contributed by atoms with Crippen molar-refractivity contribution in [1.82, 2.24) is 40.2 Å². The Morgan fingerprint density at radius 3 is 2.44 bits per heavy atom. The van der Waals surface area contributed by atoms with Gasteiger partial charge in [0.25, 0.3) is 5.91 Å². The Morgan fingerprint density at radius 2 is 1.78 bits per heavy atom. The number of hydrogen-bond acceptors (Lipinski definition) is 6. The highest BCUT2D eigenvalue weighted by Crippen LogP contribution is 2.43. The third kappa shape index (κ3) is 6.99. The van der Waals surface area contributed by atoms with Gasteiger partial charge in [0.05, 0.1) is 42.8 Å². The minimum atomic E-state index is -4.42. The van der Waals surface area contributed by atoms with Gasteiger partial charge in [0.2, 0.25) is 11.8 Å². The molecule has 15 heteroatoms. The number of carbonyl (C=O) groups excluding carboxylic acids is 2. The minimum absolute atomic E-state index is 0.0801. The van der Waals surface area contributed by atoms with Gasteiger partial charge in [-0.15, -0.1) is 5.10 Å². The van der Waals surface area contributed by atoms with Crippen LogP contribution in [0.2, 0.25) is 0 Å². The Hall–Kier alpha value is -3.65. The molecule has 3 aromatic rings. The fraction of sp³-hybridized carbons (Fsp3) is 0.615. The van der Waals surface area contributed by atoms with Gasteiger partial charge < -0.3 is 10.6 Å². The smallest absolute Gasteiger partial charge is 0.349 e. The summed E-state index contributed by atoms with van der Waals surface area (Å²) in [6.45, 7) is 2.23. The molecule has 2 amide bonds. The van der Waals surface area contributed by atoms with Crippen molar-refractivity contribution >= 4 is 17.5 Å². The first-order valence-electron chi connectivity index (χ1n) is 13.7. The van der Waals surface area contributed by atoms with Gasteiger partial charge in [0.15, 0.2) is 5.65 Å². The molecule has 0 aromatic carbocycles. The summed E-state index contributed by atoms with van der Waals surface area (Å²) in [5, 5.41) is 17.7. The van der Waals surface area contributed by atoms with Crippen molar-refractivity contribution in [3.05, 3.63) is 41.6 Å². The second-order valence-electron chi connectivity index (χ2n) is 10.8. The number of alkyl halides is 5. The second kappa shape index (κ2) is 11.3. The summed E-state index contributed by atoms with van der Waals surface area (Å²) in [5.41, 5.74) is 1.67. The Morgan fingerprint density at radius 1 is 1.07 bits per heavy atom.